The molecule has 0 bridgehead atoms. The average Bonchev–Trinajstić information content (AvgIpc) is 3.05. The molecule has 0 aromatic carbocycles. The summed E-state index contributed by atoms with van der Waals surface area (Å²) in [7, 11) is 0. The normalized spacial score (nSPS) is 18.2. The number of aliphatic hydroxyl groups is 4. The molecular weight excluding hydrogens is 548 g/mol. The first-order chi connectivity index (χ1) is 15.5. The maximum absolute atomic E-state index is 11.9. The van der Waals surface area contributed by atoms with E-state index < -0.39 is 47.8 Å². The number of rotatable bonds is 6. The fraction of sp³-hybridized carbons (Fsp3) is 0.667. The average molecular weight is 592 g/mol. The van der Waals surface area contributed by atoms with Crippen LogP contribution in [0.25, 0.3) is 0 Å². The molecule has 0 saturated carbocycles. The van der Waals surface area contributed by atoms with Crippen molar-refractivity contribution in [3.63, 3.8) is 0 Å². The summed E-state index contributed by atoms with van der Waals surface area (Å²) in [6, 6.07) is 0. The Hall–Kier alpha value is -1.15. The third-order valence-electron chi connectivity index (χ3n) is 3.92. The summed E-state index contributed by atoms with van der Waals surface area (Å²) < 4.78 is 10.3. The van der Waals surface area contributed by atoms with Gasteiger partial charge >= 0.3 is 35.2 Å². The van der Waals surface area contributed by atoms with Crippen molar-refractivity contribution in [2.75, 3.05) is 26.2 Å². The van der Waals surface area contributed by atoms with Crippen molar-refractivity contribution in [3.8, 4) is 0 Å². The van der Waals surface area contributed by atoms with Crippen LogP contribution in [-0.2, 0) is 9.47 Å². The zero-order chi connectivity index (χ0) is 27.3. The van der Waals surface area contributed by atoms with Crippen LogP contribution in [0.5, 0.6) is 0 Å². The van der Waals surface area contributed by atoms with E-state index in [-0.39, 0.29) is 66.2 Å². The molecular formula is C24H43BrMgN2O8. The van der Waals surface area contributed by atoms with Crippen molar-refractivity contribution in [1.29, 1.82) is 0 Å². The maximum Gasteiger partial charge on any atom is 2.00 e. The zero-order valence-electron chi connectivity index (χ0n) is 22.4. The van der Waals surface area contributed by atoms with E-state index >= 15 is 0 Å². The molecule has 0 spiro atoms. The minimum atomic E-state index is -0.866. The first kappa shape index (κ1) is 42.0. The van der Waals surface area contributed by atoms with Crippen LogP contribution in [0.1, 0.15) is 41.5 Å². The molecule has 36 heavy (non-hydrogen) atoms. The van der Waals surface area contributed by atoms with E-state index in [1.807, 2.05) is 0 Å². The molecule has 0 aromatic rings. The second-order valence-electron chi connectivity index (χ2n) is 9.51. The minimum Gasteiger partial charge on any atom is -1.00 e. The molecule has 0 radical (unpaired) electrons. The van der Waals surface area contributed by atoms with Crippen LogP contribution < -0.4 is 17.0 Å². The summed E-state index contributed by atoms with van der Waals surface area (Å²) in [6.45, 7) is 24.7. The SMILES string of the molecule is C=CC(O)CN(CC(O)C=C)C(=O)OC(C)(C)C.CC(C)(C)OC(=O)N1C[C@@H](O)[C@@H](O)C1.[Br-].[CH-]=C.[Mg+2]. The van der Waals surface area contributed by atoms with Gasteiger partial charge in [-0.25, -0.2) is 9.59 Å². The van der Waals surface area contributed by atoms with Crippen molar-refractivity contribution >= 4 is 35.2 Å². The molecule has 206 valence electrons. The van der Waals surface area contributed by atoms with E-state index in [2.05, 4.69) is 26.3 Å². The van der Waals surface area contributed by atoms with Crippen molar-refractivity contribution in [3.05, 3.63) is 38.5 Å². The molecule has 1 fully saturated rings. The smallest absolute Gasteiger partial charge is 1.00 e. The number of amides is 2. The van der Waals surface area contributed by atoms with Crippen molar-refractivity contribution in [2.45, 2.75) is 77.2 Å². The van der Waals surface area contributed by atoms with Crippen molar-refractivity contribution < 1.29 is 56.5 Å². The Bertz CT molecular complexity index is 629. The molecule has 0 aliphatic carbocycles. The first-order valence-corrected chi connectivity index (χ1v) is 10.8. The van der Waals surface area contributed by atoms with E-state index in [1.165, 1.54) is 22.0 Å². The Morgan fingerprint density at radius 3 is 1.56 bits per heavy atom. The Balaban J connectivity index is -0.000000258. The van der Waals surface area contributed by atoms with E-state index in [4.69, 9.17) is 9.47 Å². The van der Waals surface area contributed by atoms with Gasteiger partial charge in [0.05, 0.1) is 50.6 Å². The first-order valence-electron chi connectivity index (χ1n) is 10.8. The fourth-order valence-corrected chi connectivity index (χ4v) is 2.40. The number of carbonyl (C=O) groups excluding carboxylic acids is 2. The van der Waals surface area contributed by atoms with Crippen molar-refractivity contribution in [1.82, 2.24) is 9.80 Å². The molecule has 4 N–H and O–H groups in total. The molecule has 0 aromatic heterocycles. The minimum absolute atomic E-state index is 0. The molecule has 1 aliphatic rings. The predicted octanol–water partition coefficient (Wildman–Crippen LogP) is -1.50. The van der Waals surface area contributed by atoms with Crippen LogP contribution in [0.2, 0.25) is 0 Å². The van der Waals surface area contributed by atoms with Gasteiger partial charge < -0.3 is 63.3 Å². The molecule has 1 rings (SSSR count). The number of aliphatic hydroxyl groups excluding tert-OH is 4. The van der Waals surface area contributed by atoms with Gasteiger partial charge in [0.2, 0.25) is 0 Å². The molecule has 4 atom stereocenters. The van der Waals surface area contributed by atoms with E-state index in [1.54, 1.807) is 41.5 Å². The van der Waals surface area contributed by atoms with Crippen LogP contribution in [0, 0.1) is 6.58 Å². The number of halogens is 1. The van der Waals surface area contributed by atoms with Gasteiger partial charge in [0, 0.05) is 0 Å². The summed E-state index contributed by atoms with van der Waals surface area (Å²) in [4.78, 5) is 25.8. The molecule has 1 saturated heterocycles. The van der Waals surface area contributed by atoms with Gasteiger partial charge in [0.25, 0.3) is 0 Å². The van der Waals surface area contributed by atoms with Gasteiger partial charge in [0.15, 0.2) is 0 Å². The van der Waals surface area contributed by atoms with Crippen molar-refractivity contribution in [2.24, 2.45) is 0 Å². The molecule has 12 heteroatoms. The molecule has 2 unspecified atom stereocenters. The zero-order valence-corrected chi connectivity index (χ0v) is 25.4. The van der Waals surface area contributed by atoms with E-state index in [0.29, 0.717) is 0 Å². The second kappa shape index (κ2) is 19.9. The summed E-state index contributed by atoms with van der Waals surface area (Å²) >= 11 is 0. The van der Waals surface area contributed by atoms with Gasteiger partial charge in [-0.3, -0.25) is 6.58 Å². The third-order valence-corrected chi connectivity index (χ3v) is 3.92. The topological polar surface area (TPSA) is 140 Å². The standard InChI is InChI=1S/C13H23NO4.C9H17NO4.C2H3.BrH.Mg/c1-6-10(15)8-14(9-11(16)7-2)12(17)18-13(3,4)5;1-9(2,3)14-8(13)10-4-6(11)7(12)5-10;1-2;;/h6-7,10-11,15-16H,1-2,8-9H2,3-5H3;6-7,11-12H,4-5H2,1-3H3;1H,2H2;1H;/q;;-1;;+2/p-1/t;6-,7+;;;. The molecule has 10 nitrogen and oxygen atoms in total. The molecule has 1 aliphatic heterocycles. The number of carbonyl (C=O) groups is 2. The van der Waals surface area contributed by atoms with Crippen LogP contribution in [0.15, 0.2) is 31.9 Å². The van der Waals surface area contributed by atoms with Gasteiger partial charge in [-0.2, -0.15) is 0 Å². The second-order valence-corrected chi connectivity index (χ2v) is 9.51. The largest absolute Gasteiger partial charge is 2.00 e. The maximum atomic E-state index is 11.9. The van der Waals surface area contributed by atoms with Crippen LogP contribution >= 0.6 is 0 Å². The number of ether oxygens (including phenoxy) is 2. The van der Waals surface area contributed by atoms with E-state index in [9.17, 15) is 30.0 Å². The Morgan fingerprint density at radius 1 is 0.944 bits per heavy atom. The number of hydrogen-bond donors (Lipinski definition) is 4. The van der Waals surface area contributed by atoms with Gasteiger partial charge in [0.1, 0.15) is 11.2 Å². The van der Waals surface area contributed by atoms with Gasteiger partial charge in [-0.05, 0) is 41.5 Å². The number of hydrogen-bond acceptors (Lipinski definition) is 8. The monoisotopic (exact) mass is 590 g/mol. The predicted molar refractivity (Wildman–Crippen MR) is 136 cm³/mol. The number of nitrogens with zero attached hydrogens (tertiary/aromatic N) is 2. The summed E-state index contributed by atoms with van der Waals surface area (Å²) in [6.07, 6.45) is -1.90. The Labute approximate surface area is 242 Å². The summed E-state index contributed by atoms with van der Waals surface area (Å²) in [5, 5.41) is 37.4. The van der Waals surface area contributed by atoms with Crippen LogP contribution in [0.3, 0.4) is 0 Å². The van der Waals surface area contributed by atoms with Crippen LogP contribution in [-0.4, -0.2) is 127 Å². The third kappa shape index (κ3) is 20.0. The molecule has 1 heterocycles. The van der Waals surface area contributed by atoms with Crippen LogP contribution in [0.4, 0.5) is 9.59 Å². The van der Waals surface area contributed by atoms with Gasteiger partial charge in [-0.1, -0.05) is 12.2 Å². The quantitative estimate of drug-likeness (QED) is 0.166. The Kier molecular flexibility index (Phi) is 23.2. The van der Waals surface area contributed by atoms with Gasteiger partial charge in [-0.15, -0.1) is 13.2 Å². The fourth-order valence-electron chi connectivity index (χ4n) is 2.40. The number of β-amino-alcohol motifs (C(OH)–C–C–N with tert-alkyl or cyclic N) is 2. The molecule has 2 amide bonds. The number of likely N-dealkylation sites (tertiary alicyclic amines) is 1. The summed E-state index contributed by atoms with van der Waals surface area (Å²) in [5.41, 5.74) is -1.18. The summed E-state index contributed by atoms with van der Waals surface area (Å²) in [5.74, 6) is 0. The van der Waals surface area contributed by atoms with E-state index in [0.717, 1.165) is 0 Å². The Morgan fingerprint density at radius 2 is 1.28 bits per heavy atom.